The SMILES string of the molecule is Bc1ccc(S(=O)(=O)[C@H]2CC(C(=O)NC3(C#N)CC3)[C@@H](OC3CCS(=O)(=O)CC3)C2)c(C(F)(F)F)c1. The van der Waals surface area contributed by atoms with Gasteiger partial charge in [0.1, 0.15) is 13.4 Å². The van der Waals surface area contributed by atoms with Crippen molar-refractivity contribution in [3.8, 4) is 6.07 Å². The van der Waals surface area contributed by atoms with E-state index in [1.54, 1.807) is 0 Å². The van der Waals surface area contributed by atoms with Gasteiger partial charge >= 0.3 is 6.18 Å². The molecule has 0 aromatic heterocycles. The fourth-order valence-corrected chi connectivity index (χ4v) is 8.35. The van der Waals surface area contributed by atoms with Crippen molar-refractivity contribution in [2.75, 3.05) is 11.5 Å². The molecule has 1 aliphatic heterocycles. The molecule has 3 atom stereocenters. The third-order valence-corrected chi connectivity index (χ3v) is 11.1. The second-order valence-corrected chi connectivity index (χ2v) is 14.5. The zero-order chi connectivity index (χ0) is 26.5. The monoisotopic (exact) mass is 546 g/mol. The summed E-state index contributed by atoms with van der Waals surface area (Å²) in [4.78, 5) is 12.2. The van der Waals surface area contributed by atoms with E-state index in [4.69, 9.17) is 4.74 Å². The molecular weight excluding hydrogens is 520 g/mol. The molecule has 0 spiro atoms. The minimum absolute atomic E-state index is 0.0984. The van der Waals surface area contributed by atoms with Crippen molar-refractivity contribution < 1.29 is 39.5 Å². The van der Waals surface area contributed by atoms with Gasteiger partial charge in [-0.1, -0.05) is 17.6 Å². The van der Waals surface area contributed by atoms with Crippen LogP contribution < -0.4 is 10.8 Å². The van der Waals surface area contributed by atoms with Crippen LogP contribution in [0, 0.1) is 17.2 Å². The number of sulfone groups is 2. The van der Waals surface area contributed by atoms with Crippen LogP contribution in [0.1, 0.15) is 44.1 Å². The first kappa shape index (κ1) is 26.9. The fraction of sp³-hybridized carbons (Fsp3) is 0.636. The number of hydrogen-bond acceptors (Lipinski definition) is 7. The summed E-state index contributed by atoms with van der Waals surface area (Å²) >= 11 is 0. The summed E-state index contributed by atoms with van der Waals surface area (Å²) in [5.41, 5.74) is -2.02. The molecule has 1 amide bonds. The highest BCUT2D eigenvalue weighted by Gasteiger charge is 2.51. The number of ether oxygens (including phenoxy) is 1. The van der Waals surface area contributed by atoms with E-state index in [-0.39, 0.29) is 42.7 Å². The molecule has 0 bridgehead atoms. The van der Waals surface area contributed by atoms with Crippen LogP contribution in [0.15, 0.2) is 23.1 Å². The topological polar surface area (TPSA) is 130 Å². The van der Waals surface area contributed by atoms with E-state index in [1.165, 1.54) is 13.9 Å². The molecule has 3 aliphatic rings. The van der Waals surface area contributed by atoms with Gasteiger partial charge in [0.05, 0.1) is 51.4 Å². The second-order valence-electron chi connectivity index (χ2n) is 9.95. The van der Waals surface area contributed by atoms with Crippen molar-refractivity contribution in [2.24, 2.45) is 5.92 Å². The zero-order valence-corrected chi connectivity index (χ0v) is 21.2. The number of hydrogen-bond donors (Lipinski definition) is 1. The first-order valence-electron chi connectivity index (χ1n) is 11.7. The number of alkyl halides is 3. The van der Waals surface area contributed by atoms with Crippen molar-refractivity contribution in [1.82, 2.24) is 5.32 Å². The number of halogens is 3. The molecule has 1 unspecified atom stereocenters. The average Bonchev–Trinajstić information content (AvgIpc) is 3.42. The molecule has 1 aromatic carbocycles. The number of amides is 1. The van der Waals surface area contributed by atoms with Gasteiger partial charge in [-0.15, -0.1) is 0 Å². The highest BCUT2D eigenvalue weighted by molar-refractivity contribution is 7.92. The van der Waals surface area contributed by atoms with E-state index >= 15 is 0 Å². The van der Waals surface area contributed by atoms with Crippen LogP contribution in [0.3, 0.4) is 0 Å². The largest absolute Gasteiger partial charge is 0.417 e. The summed E-state index contributed by atoms with van der Waals surface area (Å²) in [5, 5.41) is 10.7. The lowest BCUT2D eigenvalue weighted by Gasteiger charge is -2.28. The highest BCUT2D eigenvalue weighted by Crippen LogP contribution is 2.42. The van der Waals surface area contributed by atoms with E-state index in [0.717, 1.165) is 12.1 Å². The summed E-state index contributed by atoms with van der Waals surface area (Å²) in [7, 11) is -6.26. The van der Waals surface area contributed by atoms with Gasteiger partial charge in [0.2, 0.25) is 5.91 Å². The fourth-order valence-electron chi connectivity index (χ4n) is 4.90. The molecule has 2 aliphatic carbocycles. The van der Waals surface area contributed by atoms with Crippen LogP contribution in [0.4, 0.5) is 13.2 Å². The molecule has 3 fully saturated rings. The van der Waals surface area contributed by atoms with Crippen molar-refractivity contribution >= 4 is 38.9 Å². The predicted molar refractivity (Wildman–Crippen MR) is 126 cm³/mol. The van der Waals surface area contributed by atoms with Crippen molar-refractivity contribution in [1.29, 1.82) is 5.26 Å². The van der Waals surface area contributed by atoms with Crippen LogP contribution in [0.25, 0.3) is 0 Å². The quantitative estimate of drug-likeness (QED) is 0.519. The number of rotatable bonds is 6. The number of carbonyl (C=O) groups is 1. The Hall–Kier alpha value is -2.11. The summed E-state index contributed by atoms with van der Waals surface area (Å²) in [6.07, 6.45) is -5.56. The number of nitrogens with zero attached hydrogens (tertiary/aromatic N) is 1. The lowest BCUT2D eigenvalue weighted by molar-refractivity contribution is -0.139. The van der Waals surface area contributed by atoms with E-state index in [0.29, 0.717) is 12.8 Å². The maximum Gasteiger partial charge on any atom is 0.417 e. The molecule has 36 heavy (non-hydrogen) atoms. The number of nitrogens with one attached hydrogen (secondary N) is 1. The molecule has 4 rings (SSSR count). The predicted octanol–water partition coefficient (Wildman–Crippen LogP) is 0.651. The average molecular weight is 546 g/mol. The van der Waals surface area contributed by atoms with E-state index in [1.807, 2.05) is 6.07 Å². The van der Waals surface area contributed by atoms with E-state index < -0.39 is 71.1 Å². The number of carbonyl (C=O) groups excluding carboxylic acids is 1. The van der Waals surface area contributed by atoms with Crippen LogP contribution in [-0.4, -0.2) is 65.1 Å². The molecule has 1 aromatic rings. The molecule has 0 radical (unpaired) electrons. The van der Waals surface area contributed by atoms with Crippen LogP contribution in [0.5, 0.6) is 0 Å². The Morgan fingerprint density at radius 2 is 1.83 bits per heavy atom. The Morgan fingerprint density at radius 3 is 2.39 bits per heavy atom. The highest BCUT2D eigenvalue weighted by atomic mass is 32.2. The van der Waals surface area contributed by atoms with Crippen molar-refractivity contribution in [3.63, 3.8) is 0 Å². The van der Waals surface area contributed by atoms with Crippen LogP contribution >= 0.6 is 0 Å². The third kappa shape index (κ3) is 5.58. The Kier molecular flexibility index (Phi) is 6.98. The Labute approximate surface area is 208 Å². The lowest BCUT2D eigenvalue weighted by atomic mass is 9.94. The van der Waals surface area contributed by atoms with Crippen molar-refractivity contribution in [3.05, 3.63) is 23.8 Å². The van der Waals surface area contributed by atoms with E-state index in [2.05, 4.69) is 5.32 Å². The zero-order valence-electron chi connectivity index (χ0n) is 19.5. The molecule has 196 valence electrons. The Morgan fingerprint density at radius 1 is 1.19 bits per heavy atom. The van der Waals surface area contributed by atoms with Crippen LogP contribution in [-0.2, 0) is 35.4 Å². The maximum absolute atomic E-state index is 13.7. The molecule has 1 heterocycles. The van der Waals surface area contributed by atoms with Gasteiger partial charge in [0.25, 0.3) is 0 Å². The maximum atomic E-state index is 13.7. The molecule has 2 saturated carbocycles. The normalized spacial score (nSPS) is 27.8. The Bertz CT molecular complexity index is 1290. The van der Waals surface area contributed by atoms with Gasteiger partial charge in [0.15, 0.2) is 19.7 Å². The minimum Gasteiger partial charge on any atom is -0.374 e. The summed E-state index contributed by atoms with van der Waals surface area (Å²) in [6.45, 7) is 0. The Balaban J connectivity index is 1.61. The van der Waals surface area contributed by atoms with Gasteiger partial charge < -0.3 is 10.1 Å². The summed E-state index contributed by atoms with van der Waals surface area (Å²) in [5.74, 6) is -1.79. The standard InChI is InChI=1S/C22H26BF3N2O6S2/c23-13-1-2-19(17(9-13)22(24,25)26)36(32,33)15-10-16(20(29)28-21(12-27)5-6-21)18(11-15)34-14-3-7-35(30,31)8-4-14/h1-2,9,14-16,18H,3-8,10-11,23H2,(H,28,29)/t15-,16?,18-/m0/s1. The first-order valence-corrected chi connectivity index (χ1v) is 15.0. The summed E-state index contributed by atoms with van der Waals surface area (Å²) in [6, 6.07) is 5.05. The molecule has 1 N–H and O–H groups in total. The van der Waals surface area contributed by atoms with Crippen molar-refractivity contribution in [2.45, 2.75) is 72.6 Å². The van der Waals surface area contributed by atoms with Gasteiger partial charge in [0, 0.05) is 0 Å². The molecule has 8 nitrogen and oxygen atoms in total. The second kappa shape index (κ2) is 9.33. The number of benzene rings is 1. The lowest BCUT2D eigenvalue weighted by Crippen LogP contribution is -2.43. The summed E-state index contributed by atoms with van der Waals surface area (Å²) < 4.78 is 97.5. The van der Waals surface area contributed by atoms with Gasteiger partial charge in [-0.05, 0) is 44.6 Å². The third-order valence-electron chi connectivity index (χ3n) is 7.18. The van der Waals surface area contributed by atoms with Gasteiger partial charge in [-0.2, -0.15) is 18.4 Å². The van der Waals surface area contributed by atoms with E-state index in [9.17, 15) is 40.1 Å². The molecular formula is C22H26BF3N2O6S2. The molecule has 1 saturated heterocycles. The first-order chi connectivity index (χ1) is 16.7. The van der Waals surface area contributed by atoms with Gasteiger partial charge in [-0.3, -0.25) is 4.79 Å². The minimum atomic E-state index is -4.89. The molecule has 14 heteroatoms. The smallest absolute Gasteiger partial charge is 0.374 e. The van der Waals surface area contributed by atoms with Crippen LogP contribution in [0.2, 0.25) is 0 Å². The number of nitriles is 1. The van der Waals surface area contributed by atoms with Gasteiger partial charge in [-0.25, -0.2) is 16.8 Å².